The quantitative estimate of drug-likeness (QED) is 0.516. The van der Waals surface area contributed by atoms with E-state index in [1.165, 1.54) is 12.1 Å². The maximum Gasteiger partial charge on any atom is 0.306 e. The molecule has 2 aromatic rings. The van der Waals surface area contributed by atoms with Gasteiger partial charge in [-0.3, -0.25) is 9.59 Å². The Morgan fingerprint density at radius 3 is 2.12 bits per heavy atom. The highest BCUT2D eigenvalue weighted by Crippen LogP contribution is 2.21. The topological polar surface area (TPSA) is 92.8 Å². The summed E-state index contributed by atoms with van der Waals surface area (Å²) in [5.74, 6) is -1.22. The number of nitrogens with zero attached hydrogens (tertiary/aromatic N) is 1. The van der Waals surface area contributed by atoms with Crippen LogP contribution in [0.5, 0.6) is 0 Å². The van der Waals surface area contributed by atoms with Gasteiger partial charge in [0.2, 0.25) is 10.0 Å². The van der Waals surface area contributed by atoms with Crippen LogP contribution in [-0.4, -0.2) is 50.8 Å². The van der Waals surface area contributed by atoms with E-state index >= 15 is 0 Å². The first kappa shape index (κ1) is 25.8. The van der Waals surface area contributed by atoms with Gasteiger partial charge in [0.05, 0.1) is 4.90 Å². The number of benzene rings is 2. The smallest absolute Gasteiger partial charge is 0.306 e. The van der Waals surface area contributed by atoms with Gasteiger partial charge < -0.3 is 10.1 Å². The Kier molecular flexibility index (Phi) is 9.59. The Morgan fingerprint density at radius 2 is 1.47 bits per heavy atom. The average Bonchev–Trinajstić information content (AvgIpc) is 3.13. The molecule has 7 nitrogen and oxygen atoms in total. The number of amides is 1. The number of rotatable bonds is 10. The van der Waals surface area contributed by atoms with Crippen LogP contribution in [0.1, 0.15) is 43.2 Å². The fourth-order valence-electron chi connectivity index (χ4n) is 3.77. The predicted molar refractivity (Wildman–Crippen MR) is 126 cm³/mol. The minimum absolute atomic E-state index is 0.0844. The molecule has 0 unspecified atom stereocenters. The molecule has 184 valence electrons. The molecule has 1 aliphatic rings. The molecule has 0 bridgehead atoms. The van der Waals surface area contributed by atoms with Crippen molar-refractivity contribution in [1.29, 1.82) is 0 Å². The number of aryl methyl sites for hydroxylation is 1. The summed E-state index contributed by atoms with van der Waals surface area (Å²) in [6.45, 7) is 1.09. The molecule has 0 aliphatic carbocycles. The molecule has 1 amide bonds. The van der Waals surface area contributed by atoms with E-state index in [4.69, 9.17) is 4.74 Å². The average molecular weight is 491 g/mol. The van der Waals surface area contributed by atoms with Gasteiger partial charge in [0.25, 0.3) is 5.91 Å². The number of hydrogen-bond donors (Lipinski definition) is 1. The first-order chi connectivity index (χ1) is 16.3. The van der Waals surface area contributed by atoms with E-state index in [2.05, 4.69) is 5.32 Å². The van der Waals surface area contributed by atoms with E-state index in [-0.39, 0.29) is 23.7 Å². The monoisotopic (exact) mass is 490 g/mol. The van der Waals surface area contributed by atoms with Crippen molar-refractivity contribution in [2.75, 3.05) is 26.2 Å². The number of sulfonamides is 1. The number of carbonyl (C=O) groups excluding carboxylic acids is 2. The van der Waals surface area contributed by atoms with Crippen molar-refractivity contribution in [3.63, 3.8) is 0 Å². The molecule has 34 heavy (non-hydrogen) atoms. The van der Waals surface area contributed by atoms with Crippen LogP contribution in [0.25, 0.3) is 0 Å². The third-order valence-electron chi connectivity index (χ3n) is 5.76. The van der Waals surface area contributed by atoms with E-state index in [1.807, 2.05) is 0 Å². The fraction of sp³-hybridized carbons (Fsp3) is 0.440. The maximum absolute atomic E-state index is 12.9. The second kappa shape index (κ2) is 12.6. The molecule has 1 N–H and O–H groups in total. The Bertz CT molecular complexity index is 1050. The number of halogens is 1. The Hall–Kier alpha value is -2.78. The van der Waals surface area contributed by atoms with Crippen LogP contribution in [-0.2, 0) is 37.2 Å². The molecule has 0 saturated carbocycles. The number of hydrogen-bond acceptors (Lipinski definition) is 5. The third-order valence-corrected chi connectivity index (χ3v) is 7.67. The van der Waals surface area contributed by atoms with E-state index in [1.54, 1.807) is 40.7 Å². The third kappa shape index (κ3) is 7.92. The first-order valence-corrected chi connectivity index (χ1v) is 13.0. The standard InChI is InChI=1S/C25H31FN2O5S/c26-22-10-5-21(6-11-22)15-16-27-24(29)19-33-25(30)14-9-20-7-12-23(13-8-20)34(31,32)28-17-3-1-2-4-18-28/h5-8,10-13H,1-4,9,14-19H2,(H,27,29). The second-order valence-electron chi connectivity index (χ2n) is 8.35. The van der Waals surface area contributed by atoms with Gasteiger partial charge >= 0.3 is 5.97 Å². The molecule has 0 radical (unpaired) electrons. The van der Waals surface area contributed by atoms with Crippen molar-refractivity contribution in [3.8, 4) is 0 Å². The van der Waals surface area contributed by atoms with Crippen LogP contribution < -0.4 is 5.32 Å². The lowest BCUT2D eigenvalue weighted by Crippen LogP contribution is -2.31. The highest BCUT2D eigenvalue weighted by molar-refractivity contribution is 7.89. The lowest BCUT2D eigenvalue weighted by Gasteiger charge is -2.20. The number of carbonyl (C=O) groups is 2. The van der Waals surface area contributed by atoms with Crippen molar-refractivity contribution in [2.24, 2.45) is 0 Å². The van der Waals surface area contributed by atoms with Gasteiger partial charge in [-0.25, -0.2) is 12.8 Å². The number of ether oxygens (including phenoxy) is 1. The lowest BCUT2D eigenvalue weighted by atomic mass is 10.1. The molecule has 9 heteroatoms. The fourth-order valence-corrected chi connectivity index (χ4v) is 5.29. The second-order valence-corrected chi connectivity index (χ2v) is 10.3. The molecule has 0 atom stereocenters. The normalized spacial score (nSPS) is 14.9. The van der Waals surface area contributed by atoms with Crippen molar-refractivity contribution in [2.45, 2.75) is 49.8 Å². The van der Waals surface area contributed by atoms with Crippen LogP contribution in [0, 0.1) is 5.82 Å². The molecule has 1 aliphatic heterocycles. The van der Waals surface area contributed by atoms with Crippen LogP contribution in [0.3, 0.4) is 0 Å². The van der Waals surface area contributed by atoms with Crippen LogP contribution >= 0.6 is 0 Å². The van der Waals surface area contributed by atoms with Crippen molar-refractivity contribution in [1.82, 2.24) is 9.62 Å². The van der Waals surface area contributed by atoms with Gasteiger partial charge in [-0.1, -0.05) is 37.1 Å². The van der Waals surface area contributed by atoms with Crippen molar-refractivity contribution >= 4 is 21.9 Å². The number of esters is 1. The minimum Gasteiger partial charge on any atom is -0.456 e. The zero-order valence-electron chi connectivity index (χ0n) is 19.2. The summed E-state index contributed by atoms with van der Waals surface area (Å²) in [6.07, 6.45) is 4.88. The van der Waals surface area contributed by atoms with E-state index in [0.717, 1.165) is 36.8 Å². The zero-order valence-corrected chi connectivity index (χ0v) is 20.0. The Balaban J connectivity index is 1.37. The molecule has 1 heterocycles. The predicted octanol–water partition coefficient (Wildman–Crippen LogP) is 3.23. The van der Waals surface area contributed by atoms with E-state index < -0.39 is 21.9 Å². The van der Waals surface area contributed by atoms with Crippen LogP contribution in [0.4, 0.5) is 4.39 Å². The first-order valence-electron chi connectivity index (χ1n) is 11.6. The summed E-state index contributed by atoms with van der Waals surface area (Å²) < 4.78 is 45.1. The summed E-state index contributed by atoms with van der Waals surface area (Å²) >= 11 is 0. The summed E-state index contributed by atoms with van der Waals surface area (Å²) in [5, 5.41) is 2.66. The lowest BCUT2D eigenvalue weighted by molar-refractivity contribution is -0.148. The molecule has 3 rings (SSSR count). The van der Waals surface area contributed by atoms with Gasteiger partial charge in [-0.2, -0.15) is 4.31 Å². The molecular weight excluding hydrogens is 459 g/mol. The summed E-state index contributed by atoms with van der Waals surface area (Å²) in [6, 6.07) is 12.6. The highest BCUT2D eigenvalue weighted by Gasteiger charge is 2.24. The van der Waals surface area contributed by atoms with Gasteiger partial charge in [0, 0.05) is 26.1 Å². The van der Waals surface area contributed by atoms with Crippen LogP contribution in [0.15, 0.2) is 53.4 Å². The highest BCUT2D eigenvalue weighted by atomic mass is 32.2. The van der Waals surface area contributed by atoms with E-state index in [0.29, 0.717) is 32.5 Å². The van der Waals surface area contributed by atoms with Crippen molar-refractivity contribution in [3.05, 3.63) is 65.5 Å². The van der Waals surface area contributed by atoms with Gasteiger partial charge in [-0.05, 0) is 61.1 Å². The summed E-state index contributed by atoms with van der Waals surface area (Å²) in [5.41, 5.74) is 1.71. The Labute approximate surface area is 200 Å². The summed E-state index contributed by atoms with van der Waals surface area (Å²) in [4.78, 5) is 24.1. The van der Waals surface area contributed by atoms with Gasteiger partial charge in [0.15, 0.2) is 6.61 Å². The molecule has 0 spiro atoms. The van der Waals surface area contributed by atoms with E-state index in [9.17, 15) is 22.4 Å². The number of nitrogens with one attached hydrogen (secondary N) is 1. The van der Waals surface area contributed by atoms with Gasteiger partial charge in [-0.15, -0.1) is 0 Å². The maximum atomic E-state index is 12.9. The molecule has 2 aromatic carbocycles. The molecule has 1 fully saturated rings. The molecule has 1 saturated heterocycles. The SMILES string of the molecule is O=C(COC(=O)CCc1ccc(S(=O)(=O)N2CCCCCC2)cc1)NCCc1ccc(F)cc1. The zero-order chi connectivity index (χ0) is 24.4. The Morgan fingerprint density at radius 1 is 0.882 bits per heavy atom. The van der Waals surface area contributed by atoms with Crippen molar-refractivity contribution < 1.29 is 27.1 Å². The van der Waals surface area contributed by atoms with Crippen LogP contribution in [0.2, 0.25) is 0 Å². The minimum atomic E-state index is -3.50. The summed E-state index contributed by atoms with van der Waals surface area (Å²) in [7, 11) is -3.50. The van der Waals surface area contributed by atoms with Gasteiger partial charge in [0.1, 0.15) is 5.82 Å². The molecular formula is C25H31FN2O5S. The molecule has 0 aromatic heterocycles. The largest absolute Gasteiger partial charge is 0.456 e.